The van der Waals surface area contributed by atoms with Crippen molar-refractivity contribution in [2.45, 2.75) is 12.5 Å². The van der Waals surface area contributed by atoms with Crippen molar-refractivity contribution in [2.24, 2.45) is 0 Å². The minimum atomic E-state index is -0.0511. The van der Waals surface area contributed by atoms with Gasteiger partial charge in [-0.15, -0.1) is 0 Å². The minimum absolute atomic E-state index is 0.0193. The van der Waals surface area contributed by atoms with Crippen LogP contribution in [0.3, 0.4) is 0 Å². The quantitative estimate of drug-likeness (QED) is 0.822. The lowest BCUT2D eigenvalue weighted by atomic mass is 10.0. The Morgan fingerprint density at radius 2 is 2.00 bits per heavy atom. The number of alkyl halides is 1. The molecule has 0 saturated heterocycles. The second kappa shape index (κ2) is 7.41. The zero-order chi connectivity index (χ0) is 14.4. The van der Waals surface area contributed by atoms with Gasteiger partial charge in [-0.25, -0.2) is 0 Å². The molecule has 1 amide bonds. The molecule has 0 fully saturated rings. The third-order valence-corrected chi connectivity index (χ3v) is 3.65. The number of benzene rings is 2. The molecule has 0 spiro atoms. The highest BCUT2D eigenvalue weighted by Crippen LogP contribution is 2.18. The van der Waals surface area contributed by atoms with Crippen molar-refractivity contribution in [1.82, 2.24) is 5.32 Å². The molecule has 0 saturated carbocycles. The summed E-state index contributed by atoms with van der Waals surface area (Å²) in [5.74, 6) is -0.0511. The highest BCUT2D eigenvalue weighted by Gasteiger charge is 2.15. The number of methoxy groups -OCH3 is 1. The number of ether oxygens (including phenoxy) is 1. The van der Waals surface area contributed by atoms with Crippen molar-refractivity contribution in [3.63, 3.8) is 0 Å². The summed E-state index contributed by atoms with van der Waals surface area (Å²) in [4.78, 5) is 12.4. The van der Waals surface area contributed by atoms with Gasteiger partial charge in [0.25, 0.3) is 5.91 Å². The maximum absolute atomic E-state index is 12.4. The van der Waals surface area contributed by atoms with Crippen molar-refractivity contribution in [1.29, 1.82) is 0 Å². The Bertz CT molecular complexity index is 574. The van der Waals surface area contributed by atoms with Crippen LogP contribution in [-0.2, 0) is 4.74 Å². The molecule has 1 unspecified atom stereocenters. The zero-order valence-corrected chi connectivity index (χ0v) is 13.0. The first-order chi connectivity index (χ1) is 9.76. The summed E-state index contributed by atoms with van der Waals surface area (Å²) >= 11 is 3.40. The normalized spacial score (nSPS) is 12.3. The van der Waals surface area contributed by atoms with Crippen LogP contribution in [0.5, 0.6) is 0 Å². The van der Waals surface area contributed by atoms with E-state index in [9.17, 15) is 4.79 Å². The first kappa shape index (κ1) is 15.0. The second-order valence-corrected chi connectivity index (χ2v) is 5.42. The van der Waals surface area contributed by atoms with E-state index >= 15 is 0 Å². The summed E-state index contributed by atoms with van der Waals surface area (Å²) in [7, 11) is 1.64. The number of amides is 1. The largest absolute Gasteiger partial charge is 0.383 e. The summed E-state index contributed by atoms with van der Waals surface area (Å²) in [6, 6.07) is 13.7. The lowest BCUT2D eigenvalue weighted by Crippen LogP contribution is -2.38. The van der Waals surface area contributed by atoms with E-state index in [2.05, 4.69) is 21.2 Å². The fraction of sp³-hybridized carbons (Fsp3) is 0.312. The third kappa shape index (κ3) is 3.58. The molecular formula is C16H18BrNO2. The predicted molar refractivity (Wildman–Crippen MR) is 85.5 cm³/mol. The summed E-state index contributed by atoms with van der Waals surface area (Å²) in [6.45, 7) is 0.516. The Labute approximate surface area is 127 Å². The van der Waals surface area contributed by atoms with E-state index in [1.54, 1.807) is 7.11 Å². The first-order valence-corrected chi connectivity index (χ1v) is 7.72. The van der Waals surface area contributed by atoms with Gasteiger partial charge < -0.3 is 10.1 Å². The molecule has 0 radical (unpaired) electrons. The molecule has 2 aromatic carbocycles. The Balaban J connectivity index is 2.22. The first-order valence-electron chi connectivity index (χ1n) is 6.59. The van der Waals surface area contributed by atoms with Gasteiger partial charge in [-0.3, -0.25) is 4.79 Å². The van der Waals surface area contributed by atoms with Gasteiger partial charge in [0, 0.05) is 18.0 Å². The monoisotopic (exact) mass is 335 g/mol. The van der Waals surface area contributed by atoms with Gasteiger partial charge in [0.1, 0.15) is 0 Å². The number of carbonyl (C=O) groups is 1. The van der Waals surface area contributed by atoms with Crippen molar-refractivity contribution < 1.29 is 9.53 Å². The molecule has 0 aromatic heterocycles. The van der Waals surface area contributed by atoms with Crippen molar-refractivity contribution in [3.05, 3.63) is 48.0 Å². The van der Waals surface area contributed by atoms with E-state index in [4.69, 9.17) is 4.74 Å². The number of fused-ring (bicyclic) bond motifs is 1. The molecule has 0 heterocycles. The van der Waals surface area contributed by atoms with E-state index in [-0.39, 0.29) is 11.9 Å². The van der Waals surface area contributed by atoms with Crippen LogP contribution >= 0.6 is 15.9 Å². The highest BCUT2D eigenvalue weighted by molar-refractivity contribution is 9.09. The fourth-order valence-electron chi connectivity index (χ4n) is 2.22. The molecule has 20 heavy (non-hydrogen) atoms. The Hall–Kier alpha value is -1.39. The third-order valence-electron chi connectivity index (χ3n) is 3.19. The molecular weight excluding hydrogens is 318 g/mol. The van der Waals surface area contributed by atoms with Gasteiger partial charge in [-0.1, -0.05) is 52.3 Å². The van der Waals surface area contributed by atoms with Gasteiger partial charge in [-0.05, 0) is 23.3 Å². The molecule has 0 aliphatic carbocycles. The van der Waals surface area contributed by atoms with Crippen LogP contribution in [-0.4, -0.2) is 31.0 Å². The number of rotatable bonds is 6. The average Bonchev–Trinajstić information content (AvgIpc) is 2.47. The average molecular weight is 336 g/mol. The van der Waals surface area contributed by atoms with Crippen LogP contribution in [0.15, 0.2) is 42.5 Å². The summed E-state index contributed by atoms with van der Waals surface area (Å²) in [5.41, 5.74) is 0.707. The van der Waals surface area contributed by atoms with Crippen LogP contribution < -0.4 is 5.32 Å². The molecule has 3 nitrogen and oxygen atoms in total. The summed E-state index contributed by atoms with van der Waals surface area (Å²) < 4.78 is 5.15. The zero-order valence-electron chi connectivity index (χ0n) is 11.4. The van der Waals surface area contributed by atoms with Gasteiger partial charge in [0.05, 0.1) is 12.6 Å². The molecule has 0 aliphatic heterocycles. The SMILES string of the molecule is COCC(CCBr)NC(=O)c1cccc2ccccc12. The Morgan fingerprint density at radius 1 is 1.25 bits per heavy atom. The Kier molecular flexibility index (Phi) is 5.56. The van der Waals surface area contributed by atoms with Gasteiger partial charge in [0.2, 0.25) is 0 Å². The molecule has 0 aliphatic rings. The van der Waals surface area contributed by atoms with E-state index in [0.717, 1.165) is 22.5 Å². The van der Waals surface area contributed by atoms with Crippen molar-refractivity contribution >= 4 is 32.6 Å². The number of hydrogen-bond donors (Lipinski definition) is 1. The van der Waals surface area contributed by atoms with Crippen LogP contribution in [0.1, 0.15) is 16.8 Å². The maximum Gasteiger partial charge on any atom is 0.252 e. The minimum Gasteiger partial charge on any atom is -0.383 e. The van der Waals surface area contributed by atoms with Crippen LogP contribution in [0.4, 0.5) is 0 Å². The molecule has 0 bridgehead atoms. The lowest BCUT2D eigenvalue weighted by Gasteiger charge is -2.17. The molecule has 2 rings (SSSR count). The van der Waals surface area contributed by atoms with Gasteiger partial charge in [-0.2, -0.15) is 0 Å². The van der Waals surface area contributed by atoms with Gasteiger partial charge >= 0.3 is 0 Å². The van der Waals surface area contributed by atoms with E-state index in [0.29, 0.717) is 12.2 Å². The molecule has 4 heteroatoms. The fourth-order valence-corrected chi connectivity index (χ4v) is 2.77. The molecule has 106 valence electrons. The topological polar surface area (TPSA) is 38.3 Å². The summed E-state index contributed by atoms with van der Waals surface area (Å²) in [5, 5.41) is 5.91. The lowest BCUT2D eigenvalue weighted by molar-refractivity contribution is 0.0897. The van der Waals surface area contributed by atoms with Crippen LogP contribution in [0.25, 0.3) is 10.8 Å². The van der Waals surface area contributed by atoms with Gasteiger partial charge in [0.15, 0.2) is 0 Å². The number of halogens is 1. The number of nitrogens with one attached hydrogen (secondary N) is 1. The van der Waals surface area contributed by atoms with E-state index in [1.807, 2.05) is 42.5 Å². The van der Waals surface area contributed by atoms with Crippen LogP contribution in [0, 0.1) is 0 Å². The van der Waals surface area contributed by atoms with Crippen molar-refractivity contribution in [2.75, 3.05) is 19.0 Å². The smallest absolute Gasteiger partial charge is 0.252 e. The van der Waals surface area contributed by atoms with E-state index in [1.165, 1.54) is 0 Å². The molecule has 1 N–H and O–H groups in total. The molecule has 1 atom stereocenters. The second-order valence-electron chi connectivity index (χ2n) is 4.63. The standard InChI is InChI=1S/C16H18BrNO2/c1-20-11-13(9-10-17)18-16(19)15-8-4-6-12-5-2-3-7-14(12)15/h2-8,13H,9-11H2,1H3,(H,18,19). The van der Waals surface area contributed by atoms with Crippen LogP contribution in [0.2, 0.25) is 0 Å². The highest BCUT2D eigenvalue weighted by atomic mass is 79.9. The molecule has 2 aromatic rings. The number of carbonyl (C=O) groups excluding carboxylic acids is 1. The number of hydrogen-bond acceptors (Lipinski definition) is 2. The van der Waals surface area contributed by atoms with E-state index < -0.39 is 0 Å². The Morgan fingerprint density at radius 3 is 2.75 bits per heavy atom. The maximum atomic E-state index is 12.4. The predicted octanol–water partition coefficient (Wildman–Crippen LogP) is 3.37. The summed E-state index contributed by atoms with van der Waals surface area (Å²) in [6.07, 6.45) is 0.838. The van der Waals surface area contributed by atoms with Crippen molar-refractivity contribution in [3.8, 4) is 0 Å².